The summed E-state index contributed by atoms with van der Waals surface area (Å²) in [5, 5.41) is 15.9. The first kappa shape index (κ1) is 15.7. The van der Waals surface area contributed by atoms with Crippen molar-refractivity contribution in [2.45, 2.75) is 43.6 Å². The van der Waals surface area contributed by atoms with Gasteiger partial charge in [-0.1, -0.05) is 6.92 Å². The van der Waals surface area contributed by atoms with Crippen LogP contribution in [0.25, 0.3) is 0 Å². The minimum atomic E-state index is -4.08. The highest BCUT2D eigenvalue weighted by Crippen LogP contribution is 2.32. The summed E-state index contributed by atoms with van der Waals surface area (Å²) < 4.78 is 28.9. The van der Waals surface area contributed by atoms with E-state index in [9.17, 15) is 18.5 Å². The highest BCUT2D eigenvalue weighted by molar-refractivity contribution is 7.89. The summed E-state index contributed by atoms with van der Waals surface area (Å²) in [5.41, 5.74) is -0.330. The molecule has 21 heavy (non-hydrogen) atoms. The number of primary sulfonamides is 1. The van der Waals surface area contributed by atoms with Gasteiger partial charge in [0.25, 0.3) is 5.69 Å². The second-order valence-electron chi connectivity index (χ2n) is 5.43. The predicted molar refractivity (Wildman–Crippen MR) is 76.5 cm³/mol. The van der Waals surface area contributed by atoms with Crippen LogP contribution in [-0.4, -0.2) is 19.4 Å². The topological polar surface area (TPSA) is 113 Å². The Hall–Kier alpha value is -1.67. The van der Waals surface area contributed by atoms with E-state index in [1.165, 1.54) is 12.1 Å². The smallest absolute Gasteiger partial charge is 0.271 e. The molecule has 7 nitrogen and oxygen atoms in total. The first-order valence-corrected chi connectivity index (χ1v) is 8.30. The van der Waals surface area contributed by atoms with E-state index < -0.39 is 14.9 Å². The first-order chi connectivity index (χ1) is 9.77. The Kier molecular flexibility index (Phi) is 4.48. The molecule has 2 rings (SSSR count). The summed E-state index contributed by atoms with van der Waals surface area (Å²) in [6.45, 7) is 2.16. The Morgan fingerprint density at radius 3 is 2.43 bits per heavy atom. The molecule has 0 bridgehead atoms. The number of ether oxygens (including phenoxy) is 1. The number of hydrogen-bond donors (Lipinski definition) is 1. The van der Waals surface area contributed by atoms with Crippen LogP contribution in [0.2, 0.25) is 0 Å². The van der Waals surface area contributed by atoms with Crippen LogP contribution in [0, 0.1) is 16.0 Å². The molecule has 0 aliphatic heterocycles. The minimum Gasteiger partial charge on any atom is -0.489 e. The molecule has 0 heterocycles. The molecule has 0 atom stereocenters. The second-order valence-corrected chi connectivity index (χ2v) is 6.96. The van der Waals surface area contributed by atoms with Gasteiger partial charge in [-0.15, -0.1) is 0 Å². The molecule has 0 saturated heterocycles. The number of nitro benzene ring substituents is 1. The van der Waals surface area contributed by atoms with E-state index in [2.05, 4.69) is 6.92 Å². The molecule has 0 amide bonds. The van der Waals surface area contributed by atoms with Gasteiger partial charge in [-0.3, -0.25) is 10.1 Å². The molecule has 1 saturated carbocycles. The highest BCUT2D eigenvalue weighted by Gasteiger charge is 2.24. The predicted octanol–water partition coefficient (Wildman–Crippen LogP) is 2.20. The van der Waals surface area contributed by atoms with Crippen LogP contribution in [-0.2, 0) is 10.0 Å². The number of hydrogen-bond acceptors (Lipinski definition) is 5. The van der Waals surface area contributed by atoms with E-state index in [0.717, 1.165) is 31.7 Å². The lowest BCUT2D eigenvalue weighted by Crippen LogP contribution is -2.24. The number of benzene rings is 1. The zero-order chi connectivity index (χ0) is 15.6. The van der Waals surface area contributed by atoms with Gasteiger partial charge < -0.3 is 4.74 Å². The van der Waals surface area contributed by atoms with Crippen molar-refractivity contribution in [3.8, 4) is 5.75 Å². The van der Waals surface area contributed by atoms with Gasteiger partial charge >= 0.3 is 0 Å². The molecule has 1 aliphatic rings. The van der Waals surface area contributed by atoms with Gasteiger partial charge in [-0.2, -0.15) is 0 Å². The molecule has 116 valence electrons. The monoisotopic (exact) mass is 314 g/mol. The van der Waals surface area contributed by atoms with Gasteiger partial charge in [0.2, 0.25) is 10.0 Å². The number of sulfonamides is 1. The van der Waals surface area contributed by atoms with E-state index in [1.54, 1.807) is 0 Å². The highest BCUT2D eigenvalue weighted by atomic mass is 32.2. The maximum absolute atomic E-state index is 11.6. The quantitative estimate of drug-likeness (QED) is 0.676. The van der Waals surface area contributed by atoms with Crippen LogP contribution in [0.1, 0.15) is 32.6 Å². The molecular weight excluding hydrogens is 296 g/mol. The molecule has 1 fully saturated rings. The molecule has 1 aromatic carbocycles. The molecule has 2 N–H and O–H groups in total. The van der Waals surface area contributed by atoms with Crippen molar-refractivity contribution in [1.29, 1.82) is 0 Å². The Balaban J connectivity index is 2.28. The van der Waals surface area contributed by atoms with E-state index in [1.807, 2.05) is 0 Å². The van der Waals surface area contributed by atoms with Crippen LogP contribution in [0.3, 0.4) is 0 Å². The standard InChI is InChI=1S/C13H18N2O5S/c1-9-2-5-11(6-3-9)20-12-7-4-10(15(16)17)8-13(12)21(14,18)19/h4,7-9,11H,2-3,5-6H2,1H3,(H2,14,18,19). The molecule has 1 aliphatic carbocycles. The SMILES string of the molecule is CC1CCC(Oc2ccc([N+](=O)[O-])cc2S(N)(=O)=O)CC1. The lowest BCUT2D eigenvalue weighted by atomic mass is 9.89. The number of nitrogens with zero attached hydrogens (tertiary/aromatic N) is 1. The van der Waals surface area contributed by atoms with Gasteiger partial charge in [0, 0.05) is 12.1 Å². The van der Waals surface area contributed by atoms with Gasteiger partial charge in [0.15, 0.2) is 0 Å². The van der Waals surface area contributed by atoms with Crippen LogP contribution in [0.4, 0.5) is 5.69 Å². The largest absolute Gasteiger partial charge is 0.489 e. The van der Waals surface area contributed by atoms with E-state index >= 15 is 0 Å². The molecule has 1 aromatic rings. The zero-order valence-electron chi connectivity index (χ0n) is 11.7. The van der Waals surface area contributed by atoms with Crippen molar-refractivity contribution in [3.05, 3.63) is 28.3 Å². The van der Waals surface area contributed by atoms with Crippen molar-refractivity contribution in [2.75, 3.05) is 0 Å². The molecule has 0 spiro atoms. The van der Waals surface area contributed by atoms with E-state index in [4.69, 9.17) is 9.88 Å². The Bertz CT molecular complexity index is 636. The van der Waals surface area contributed by atoms with Gasteiger partial charge in [0.1, 0.15) is 10.6 Å². The maximum atomic E-state index is 11.6. The summed E-state index contributed by atoms with van der Waals surface area (Å²) in [4.78, 5) is 9.74. The summed E-state index contributed by atoms with van der Waals surface area (Å²) >= 11 is 0. The fourth-order valence-corrected chi connectivity index (χ4v) is 3.14. The second kappa shape index (κ2) is 5.98. The number of nitrogens with two attached hydrogens (primary N) is 1. The maximum Gasteiger partial charge on any atom is 0.271 e. The summed E-state index contributed by atoms with van der Waals surface area (Å²) in [5.74, 6) is 0.724. The molecule has 0 radical (unpaired) electrons. The van der Waals surface area contributed by atoms with Crippen LogP contribution >= 0.6 is 0 Å². The van der Waals surface area contributed by atoms with E-state index in [0.29, 0.717) is 5.92 Å². The van der Waals surface area contributed by atoms with Crippen molar-refractivity contribution in [2.24, 2.45) is 11.1 Å². The van der Waals surface area contributed by atoms with Crippen molar-refractivity contribution in [3.63, 3.8) is 0 Å². The van der Waals surface area contributed by atoms with Gasteiger partial charge in [-0.05, 0) is 37.7 Å². The lowest BCUT2D eigenvalue weighted by Gasteiger charge is -2.27. The third-order valence-electron chi connectivity index (χ3n) is 3.70. The summed E-state index contributed by atoms with van der Waals surface area (Å²) in [6.07, 6.45) is 3.62. The Labute approximate surface area is 123 Å². The van der Waals surface area contributed by atoms with Crippen LogP contribution in [0.15, 0.2) is 23.1 Å². The van der Waals surface area contributed by atoms with E-state index in [-0.39, 0.29) is 22.4 Å². The van der Waals surface area contributed by atoms with Crippen molar-refractivity contribution in [1.82, 2.24) is 0 Å². The average molecular weight is 314 g/mol. The summed E-state index contributed by atoms with van der Waals surface area (Å²) in [7, 11) is -4.08. The number of rotatable bonds is 4. The minimum absolute atomic E-state index is 0.0804. The molecule has 0 aromatic heterocycles. The normalized spacial score (nSPS) is 22.8. The Morgan fingerprint density at radius 1 is 1.29 bits per heavy atom. The van der Waals surface area contributed by atoms with Crippen molar-refractivity contribution >= 4 is 15.7 Å². The fraction of sp³-hybridized carbons (Fsp3) is 0.538. The van der Waals surface area contributed by atoms with Gasteiger partial charge in [-0.25, -0.2) is 13.6 Å². The summed E-state index contributed by atoms with van der Waals surface area (Å²) in [6, 6.07) is 3.46. The van der Waals surface area contributed by atoms with Crippen molar-refractivity contribution < 1.29 is 18.1 Å². The molecule has 0 unspecified atom stereocenters. The molecule has 8 heteroatoms. The third-order valence-corrected chi connectivity index (χ3v) is 4.63. The number of nitro groups is 1. The molecular formula is C13H18N2O5S. The lowest BCUT2D eigenvalue weighted by molar-refractivity contribution is -0.385. The Morgan fingerprint density at radius 2 is 1.90 bits per heavy atom. The van der Waals surface area contributed by atoms with Gasteiger partial charge in [0.05, 0.1) is 11.0 Å². The average Bonchev–Trinajstić information content (AvgIpc) is 2.40. The van der Waals surface area contributed by atoms with Crippen LogP contribution < -0.4 is 9.88 Å². The first-order valence-electron chi connectivity index (χ1n) is 6.75. The fourth-order valence-electron chi connectivity index (χ4n) is 2.46. The van der Waals surface area contributed by atoms with Crippen LogP contribution in [0.5, 0.6) is 5.75 Å². The third kappa shape index (κ3) is 3.92. The zero-order valence-corrected chi connectivity index (χ0v) is 12.5. The number of non-ortho nitro benzene ring substituents is 1.